The van der Waals surface area contributed by atoms with E-state index in [0.717, 1.165) is 0 Å². The Morgan fingerprint density at radius 2 is 0.474 bits per heavy atom. The average molecular weight is 1450 g/mol. The van der Waals surface area contributed by atoms with Gasteiger partial charge in [-0.3, -0.25) is 0 Å². The maximum atomic E-state index is 10.4. The quantitative estimate of drug-likeness (QED) is 0.122. The number of aliphatic hydroxyl groups excluding tert-OH is 29. The third kappa shape index (κ3) is 27.6. The number of carboxylic acids is 1. The van der Waals surface area contributed by atoms with E-state index < -0.39 is 265 Å². The SMILES string of the molecule is N[C@@H]1C(O)OC[C@@H](O)[C@@H]1O.N[C@@H]1C(O)OC[C@@H]1O.N[C@@H]1C(O)O[C@H](CO)[C@@H](O)[C@@H]1O.N[C@H]1C(O)OC[C@@H](O)[C@H]1O.N[C@H]1C(O)OC[C@H](O)[C@H]1O.N[C@H]1C(O)OC[C@H]1O.N[C@H]1C(O)O[C@H](CO)[C@@H](O)[C@H]1O.N[C@H]1C(O)O[C@H](CO)[C@H](O)[C@H]1O.N[C@H]1C(O)O[C@H]([C@H](O)C(=O)O)[C@H](O)[C@H]1O. The molecule has 0 radical (unpaired) electrons. The van der Waals surface area contributed by atoms with E-state index >= 15 is 0 Å². The van der Waals surface area contributed by atoms with Gasteiger partial charge in [0.25, 0.3) is 0 Å². The molecule has 9 fully saturated rings. The van der Waals surface area contributed by atoms with Crippen molar-refractivity contribution in [3.05, 3.63) is 0 Å². The van der Waals surface area contributed by atoms with Gasteiger partial charge in [-0.2, -0.15) is 0 Å². The minimum Gasteiger partial charge on any atom is -0.479 e. The molecule has 9 aliphatic heterocycles. The smallest absolute Gasteiger partial charge is 0.335 e. The van der Waals surface area contributed by atoms with Crippen LogP contribution >= 0.6 is 0 Å². The molecule has 9 heterocycles. The van der Waals surface area contributed by atoms with Crippen LogP contribution in [0.5, 0.6) is 0 Å². The predicted molar refractivity (Wildman–Crippen MR) is 306 cm³/mol. The van der Waals surface area contributed by atoms with Gasteiger partial charge in [-0.15, -0.1) is 0 Å². The molecule has 0 aliphatic carbocycles. The number of hydrogen-bond donors (Lipinski definition) is 39. The Morgan fingerprint density at radius 1 is 0.278 bits per heavy atom. The second-order valence-electron chi connectivity index (χ2n) is 22.6. The van der Waals surface area contributed by atoms with Crippen molar-refractivity contribution in [1.82, 2.24) is 0 Å². The van der Waals surface area contributed by atoms with Crippen molar-refractivity contribution >= 4 is 5.97 Å². The largest absolute Gasteiger partial charge is 0.479 e. The third-order valence-corrected chi connectivity index (χ3v) is 15.2. The molecule has 9 rings (SSSR count). The van der Waals surface area contributed by atoms with Gasteiger partial charge in [0.2, 0.25) is 0 Å². The Bertz CT molecular complexity index is 1880. The molecule has 0 bridgehead atoms. The Labute approximate surface area is 549 Å². The highest BCUT2D eigenvalue weighted by atomic mass is 16.7. The lowest BCUT2D eigenvalue weighted by molar-refractivity contribution is -0.261. The van der Waals surface area contributed by atoms with Crippen molar-refractivity contribution in [3.8, 4) is 0 Å². The van der Waals surface area contributed by atoms with Gasteiger partial charge in [-0.1, -0.05) is 0 Å². The lowest BCUT2D eigenvalue weighted by Gasteiger charge is -2.39. The van der Waals surface area contributed by atoms with Crippen LogP contribution in [0.3, 0.4) is 0 Å². The molecule has 39 atom stereocenters. The number of carboxylic acid groups (broad SMARTS) is 1. The monoisotopic (exact) mass is 1450 g/mol. The number of ether oxygens (including phenoxy) is 9. The van der Waals surface area contributed by atoms with Crippen molar-refractivity contribution in [3.63, 3.8) is 0 Å². The fourth-order valence-corrected chi connectivity index (χ4v) is 8.39. The summed E-state index contributed by atoms with van der Waals surface area (Å²) in [5, 5.41) is 269. The minimum atomic E-state index is -2.04. The number of rotatable bonds is 5. The van der Waals surface area contributed by atoms with E-state index in [4.69, 9.17) is 178 Å². The predicted octanol–water partition coefficient (Wildman–Crippen LogP) is -25.4. The van der Waals surface area contributed by atoms with E-state index in [0.29, 0.717) is 0 Å². The van der Waals surface area contributed by atoms with Crippen molar-refractivity contribution in [2.24, 2.45) is 51.6 Å². The fourth-order valence-electron chi connectivity index (χ4n) is 8.39. The van der Waals surface area contributed by atoms with Gasteiger partial charge >= 0.3 is 5.97 Å². The van der Waals surface area contributed by atoms with Crippen LogP contribution in [0.2, 0.25) is 0 Å². The molecule has 49 nitrogen and oxygen atoms in total. The van der Waals surface area contributed by atoms with Gasteiger partial charge < -0.3 is 247 Å². The Hall–Kier alpha value is -2.41. The maximum Gasteiger partial charge on any atom is 0.335 e. The molecule has 9 saturated heterocycles. The second-order valence-corrected chi connectivity index (χ2v) is 22.6. The van der Waals surface area contributed by atoms with E-state index in [1.165, 1.54) is 0 Å². The van der Waals surface area contributed by atoms with Crippen LogP contribution in [-0.4, -0.2) is 451 Å². The van der Waals surface area contributed by atoms with Crippen molar-refractivity contribution in [1.29, 1.82) is 0 Å². The zero-order valence-corrected chi connectivity index (χ0v) is 51.4. The molecule has 0 aromatic heterocycles. The summed E-state index contributed by atoms with van der Waals surface area (Å²) in [6, 6.07) is -8.37. The standard InChI is InChI=1S/C7H13NO7.3C6H13NO5.3C5H11NO4.2C4H9NO3/c8-1-2(9)3(10)5(15-7(1)14)4(11)6(12)13;3*7-3-5(10)4(9)2(1-8)12-6(3)11;3*6-3-4(8)2(7)1-10-5(3)9;2*5-3-2(6)1-8-4(3)7/h1-5,7,9-11,14H,8H2,(H,12,13);3*2-6,8-11H,1,7H2;3*2-5,7-9H,1,6H2;2*2-4,6-7H,1,5H2/t1-,2+,3-,4+,5+,7?;2-,3+,4-,5-,6?;2-,3-,4+,5+,6?;2-,3-,4-,5+,6?;2*2-,3+,4+,5?;2-,3-,4-,5?;2*2-,3-,4?/m111110110/s1. The van der Waals surface area contributed by atoms with Crippen LogP contribution in [0.4, 0.5) is 0 Å². The number of nitrogens with two attached hydrogens (primary N) is 9. The Kier molecular flexibility index (Phi) is 42.3. The van der Waals surface area contributed by atoms with E-state index in [1.54, 1.807) is 0 Å². The van der Waals surface area contributed by atoms with E-state index in [9.17, 15) is 45.6 Å². The van der Waals surface area contributed by atoms with Crippen LogP contribution in [0.1, 0.15) is 0 Å². The van der Waals surface area contributed by atoms with E-state index in [2.05, 4.69) is 28.4 Å². The third-order valence-electron chi connectivity index (χ3n) is 15.2. The first kappa shape index (κ1) is 92.6. The van der Waals surface area contributed by atoms with Crippen LogP contribution in [0.25, 0.3) is 0 Å². The average Bonchev–Trinajstić information content (AvgIpc) is 1.51. The van der Waals surface area contributed by atoms with Crippen molar-refractivity contribution in [2.75, 3.05) is 52.9 Å². The van der Waals surface area contributed by atoms with Gasteiger partial charge in [-0.25, -0.2) is 4.79 Å². The summed E-state index contributed by atoms with van der Waals surface area (Å²) in [6.45, 7) is -1.35. The topological polar surface area (TPSA) is 941 Å². The van der Waals surface area contributed by atoms with Gasteiger partial charge in [0.05, 0.1) is 119 Å². The molecule has 9 aliphatic rings. The highest BCUT2D eigenvalue weighted by molar-refractivity contribution is 5.72. The van der Waals surface area contributed by atoms with E-state index in [1.807, 2.05) is 0 Å². The fraction of sp³-hybridized carbons (Fsp3) is 0.979. The lowest BCUT2D eigenvalue weighted by Crippen LogP contribution is -2.64. The normalized spacial score (nSPS) is 48.1. The molecular weight excluding hydrogens is 1340 g/mol. The van der Waals surface area contributed by atoms with Gasteiger partial charge in [0.15, 0.2) is 62.7 Å². The van der Waals surface area contributed by atoms with E-state index in [-0.39, 0.29) is 33.0 Å². The molecule has 48 N–H and O–H groups in total. The number of carbonyl (C=O) groups is 1. The van der Waals surface area contributed by atoms with Crippen LogP contribution in [0, 0.1) is 0 Å². The summed E-state index contributed by atoms with van der Waals surface area (Å²) in [6.07, 6.45) is -36.2. The first-order valence-electron chi connectivity index (χ1n) is 29.2. The van der Waals surface area contributed by atoms with Gasteiger partial charge in [0, 0.05) is 0 Å². The Morgan fingerprint density at radius 3 is 0.660 bits per heavy atom. The summed E-state index contributed by atoms with van der Waals surface area (Å²) in [5.41, 5.74) is 47.1. The molecule has 9 unspecified atom stereocenters. The highest BCUT2D eigenvalue weighted by Gasteiger charge is 2.48. The molecule has 97 heavy (non-hydrogen) atoms. The van der Waals surface area contributed by atoms with Crippen molar-refractivity contribution < 1.29 is 201 Å². The lowest BCUT2D eigenvalue weighted by atomic mass is 9.94. The van der Waals surface area contributed by atoms with Crippen molar-refractivity contribution in [2.45, 2.75) is 239 Å². The first-order valence-corrected chi connectivity index (χ1v) is 29.2. The van der Waals surface area contributed by atoms with Crippen LogP contribution in [-0.2, 0) is 47.4 Å². The molecule has 0 aromatic rings. The number of hydrogen-bond acceptors (Lipinski definition) is 48. The first-order chi connectivity index (χ1) is 44.9. The molecular formula is C48H103N9O40. The number of aliphatic carboxylic acids is 1. The molecule has 0 aromatic carbocycles. The Balaban J connectivity index is 0.000000549. The second kappa shape index (κ2) is 44.3. The summed E-state index contributed by atoms with van der Waals surface area (Å²) in [7, 11) is 0. The van der Waals surface area contributed by atoms with Crippen LogP contribution in [0.15, 0.2) is 0 Å². The summed E-state index contributed by atoms with van der Waals surface area (Å²) in [5.74, 6) is -1.63. The molecule has 0 saturated carbocycles. The molecule has 580 valence electrons. The highest BCUT2D eigenvalue weighted by Crippen LogP contribution is 2.23. The summed E-state index contributed by atoms with van der Waals surface area (Å²) < 4.78 is 41.6. The zero-order chi connectivity index (χ0) is 75.1. The number of aliphatic hydroxyl groups is 29. The molecule has 0 spiro atoms. The zero-order valence-electron chi connectivity index (χ0n) is 51.4. The van der Waals surface area contributed by atoms with Gasteiger partial charge in [-0.05, 0) is 0 Å². The molecule has 49 heteroatoms. The molecule has 0 amide bonds. The summed E-state index contributed by atoms with van der Waals surface area (Å²) in [4.78, 5) is 10.4. The van der Waals surface area contributed by atoms with Gasteiger partial charge in [0.1, 0.15) is 110 Å². The minimum absolute atomic E-state index is 0.0734. The maximum absolute atomic E-state index is 10.4. The summed E-state index contributed by atoms with van der Waals surface area (Å²) >= 11 is 0. The van der Waals surface area contributed by atoms with Crippen LogP contribution < -0.4 is 51.6 Å².